The van der Waals surface area contributed by atoms with Gasteiger partial charge in [0.2, 0.25) is 0 Å². The Labute approximate surface area is 192 Å². The highest BCUT2D eigenvalue weighted by molar-refractivity contribution is 5.93. The maximum Gasteiger partial charge on any atom is 0.343 e. The molecule has 0 spiro atoms. The summed E-state index contributed by atoms with van der Waals surface area (Å²) in [6.07, 6.45) is 5.27. The number of fused-ring (bicyclic) bond motifs is 1. The summed E-state index contributed by atoms with van der Waals surface area (Å²) >= 11 is 0. The number of esters is 1. The van der Waals surface area contributed by atoms with Crippen LogP contribution in [-0.2, 0) is 4.74 Å². The number of hydrogen-bond donors (Lipinski definition) is 0. The van der Waals surface area contributed by atoms with Crippen LogP contribution in [0.25, 0.3) is 0 Å². The smallest absolute Gasteiger partial charge is 0.343 e. The monoisotopic (exact) mass is 437 g/mol. The van der Waals surface area contributed by atoms with Crippen LogP contribution in [0.15, 0.2) is 48.2 Å². The van der Waals surface area contributed by atoms with Crippen molar-refractivity contribution in [3.05, 3.63) is 70.5 Å². The first-order valence-corrected chi connectivity index (χ1v) is 11.2. The Morgan fingerprint density at radius 1 is 1.00 bits per heavy atom. The zero-order chi connectivity index (χ0) is 23.3. The predicted molar refractivity (Wildman–Crippen MR) is 127 cm³/mol. The first-order valence-electron chi connectivity index (χ1n) is 11.2. The number of ether oxygens (including phenoxy) is 3. The summed E-state index contributed by atoms with van der Waals surface area (Å²) in [4.78, 5) is 15.0. The fourth-order valence-electron chi connectivity index (χ4n) is 4.80. The molecule has 0 aromatic heterocycles. The molecule has 4 rings (SSSR count). The first kappa shape index (κ1) is 23.9. The van der Waals surface area contributed by atoms with Gasteiger partial charge in [0.05, 0.1) is 19.8 Å². The highest BCUT2D eigenvalue weighted by Crippen LogP contribution is 2.35. The number of aryl methyl sites for hydroxylation is 3. The maximum atomic E-state index is 12.6. The van der Waals surface area contributed by atoms with Crippen molar-refractivity contribution in [3.8, 4) is 11.5 Å². The average Bonchev–Trinajstić information content (AvgIpc) is 3.13. The minimum Gasteiger partial charge on any atom is -0.493 e. The van der Waals surface area contributed by atoms with E-state index in [1.165, 1.54) is 12.0 Å². The van der Waals surface area contributed by atoms with Crippen LogP contribution in [0.4, 0.5) is 0 Å². The molecule has 2 aromatic carbocycles. The second-order valence-corrected chi connectivity index (χ2v) is 8.73. The highest BCUT2D eigenvalue weighted by atomic mass is 16.5. The van der Waals surface area contributed by atoms with Crippen molar-refractivity contribution in [2.75, 3.05) is 27.8 Å². The number of benzene rings is 2. The minimum absolute atomic E-state index is 0.208. The second kappa shape index (κ2) is 10.7. The van der Waals surface area contributed by atoms with Crippen LogP contribution in [0.3, 0.4) is 0 Å². The fraction of sp³-hybridized carbons (Fsp3) is 0.444. The molecule has 0 bridgehead atoms. The van der Waals surface area contributed by atoms with Gasteiger partial charge < -0.3 is 19.1 Å². The van der Waals surface area contributed by atoms with Gasteiger partial charge in [0, 0.05) is 12.5 Å². The quantitative estimate of drug-likeness (QED) is 0.594. The minimum atomic E-state index is -0.208. The van der Waals surface area contributed by atoms with Gasteiger partial charge in [-0.3, -0.25) is 0 Å². The van der Waals surface area contributed by atoms with Crippen molar-refractivity contribution in [2.24, 2.45) is 5.92 Å². The van der Waals surface area contributed by atoms with Gasteiger partial charge in [-0.2, -0.15) is 0 Å². The molecule has 1 fully saturated rings. The van der Waals surface area contributed by atoms with Crippen molar-refractivity contribution < 1.29 is 19.0 Å². The summed E-state index contributed by atoms with van der Waals surface area (Å²) in [5.74, 6) is 2.91. The number of carbonyl (C=O) groups excluding carboxylic acids is 1. The van der Waals surface area contributed by atoms with Crippen molar-refractivity contribution in [1.29, 1.82) is 0 Å². The van der Waals surface area contributed by atoms with Crippen molar-refractivity contribution in [2.45, 2.75) is 46.1 Å². The molecule has 1 aliphatic carbocycles. The predicted octanol–water partition coefficient (Wildman–Crippen LogP) is 5.47. The molecule has 1 heterocycles. The lowest BCUT2D eigenvalue weighted by atomic mass is 9.89. The van der Waals surface area contributed by atoms with Crippen LogP contribution in [-0.4, -0.2) is 44.7 Å². The van der Waals surface area contributed by atoms with Crippen LogP contribution in [0.5, 0.6) is 11.5 Å². The number of likely N-dealkylation sites (tertiary alicyclic amines) is 1. The van der Waals surface area contributed by atoms with Crippen molar-refractivity contribution in [3.63, 3.8) is 0 Å². The fourth-order valence-corrected chi connectivity index (χ4v) is 4.80. The van der Waals surface area contributed by atoms with E-state index in [0.717, 1.165) is 53.7 Å². The van der Waals surface area contributed by atoms with Crippen LogP contribution in [0.2, 0.25) is 0 Å². The summed E-state index contributed by atoms with van der Waals surface area (Å²) in [6.45, 7) is 7.16. The standard InChI is InChI=1S/C19H25NO2.C8H10O2/c1-12-9-13(2)18(14(3)10-12)19(21)22-16-6-5-15-7-8-20(4)17(15)11-16;1-9-7-5-3-4-6-8(7)10-2/h6,9-10,15,17H,5,7-8,11H2,1-4H3;3-6H,1-2H3. The Hall–Kier alpha value is -2.79. The van der Waals surface area contributed by atoms with Crippen molar-refractivity contribution >= 4 is 5.97 Å². The third-order valence-corrected chi connectivity index (χ3v) is 6.42. The number of para-hydroxylation sites is 2. The lowest BCUT2D eigenvalue weighted by molar-refractivity contribution is 0.0585. The van der Waals surface area contributed by atoms with E-state index in [1.54, 1.807) is 14.2 Å². The lowest BCUT2D eigenvalue weighted by Gasteiger charge is -2.29. The van der Waals surface area contributed by atoms with Gasteiger partial charge in [-0.05, 0) is 82.5 Å². The average molecular weight is 438 g/mol. The number of nitrogens with zero attached hydrogens (tertiary/aromatic N) is 1. The normalized spacial score (nSPS) is 19.9. The van der Waals surface area contributed by atoms with Gasteiger partial charge in [-0.15, -0.1) is 0 Å². The molecule has 2 aromatic rings. The molecule has 2 unspecified atom stereocenters. The third kappa shape index (κ3) is 5.52. The summed E-state index contributed by atoms with van der Waals surface area (Å²) in [5, 5.41) is 0. The van der Waals surface area contributed by atoms with Gasteiger partial charge in [0.15, 0.2) is 11.5 Å². The second-order valence-electron chi connectivity index (χ2n) is 8.73. The molecule has 0 saturated carbocycles. The summed E-state index contributed by atoms with van der Waals surface area (Å²) in [5.41, 5.74) is 3.89. The number of allylic oxidation sites excluding steroid dienone is 1. The molecule has 0 amide bonds. The van der Waals surface area contributed by atoms with E-state index in [1.807, 2.05) is 50.2 Å². The molecule has 1 aliphatic heterocycles. The zero-order valence-corrected chi connectivity index (χ0v) is 20.1. The Morgan fingerprint density at radius 3 is 2.16 bits per heavy atom. The molecule has 32 heavy (non-hydrogen) atoms. The lowest BCUT2D eigenvalue weighted by Crippen LogP contribution is -2.32. The van der Waals surface area contributed by atoms with E-state index >= 15 is 0 Å². The van der Waals surface area contributed by atoms with Gasteiger partial charge in [0.25, 0.3) is 0 Å². The molecule has 2 aliphatic rings. The van der Waals surface area contributed by atoms with Crippen LogP contribution in [0, 0.1) is 26.7 Å². The molecule has 1 saturated heterocycles. The maximum absolute atomic E-state index is 12.6. The topological polar surface area (TPSA) is 48.0 Å². The van der Waals surface area contributed by atoms with Crippen LogP contribution >= 0.6 is 0 Å². The Balaban J connectivity index is 0.000000243. The van der Waals surface area contributed by atoms with E-state index in [9.17, 15) is 4.79 Å². The first-order chi connectivity index (χ1) is 15.3. The molecule has 2 atom stereocenters. The van der Waals surface area contributed by atoms with Gasteiger partial charge in [-0.1, -0.05) is 29.8 Å². The van der Waals surface area contributed by atoms with Crippen LogP contribution < -0.4 is 9.47 Å². The SMILES string of the molecule is COc1ccccc1OC.Cc1cc(C)c(C(=O)OC2=CCC3CCN(C)C3C2)c(C)c1. The summed E-state index contributed by atoms with van der Waals surface area (Å²) in [7, 11) is 5.42. The van der Waals surface area contributed by atoms with Crippen LogP contribution in [0.1, 0.15) is 46.3 Å². The van der Waals surface area contributed by atoms with Crippen molar-refractivity contribution in [1.82, 2.24) is 4.90 Å². The van der Waals surface area contributed by atoms with E-state index in [-0.39, 0.29) is 5.97 Å². The summed E-state index contributed by atoms with van der Waals surface area (Å²) in [6, 6.07) is 12.1. The van der Waals surface area contributed by atoms with E-state index in [0.29, 0.717) is 11.6 Å². The Morgan fingerprint density at radius 2 is 1.59 bits per heavy atom. The Bertz CT molecular complexity index is 935. The van der Waals surface area contributed by atoms with E-state index in [4.69, 9.17) is 14.2 Å². The largest absolute Gasteiger partial charge is 0.493 e. The highest BCUT2D eigenvalue weighted by Gasteiger charge is 2.35. The number of rotatable bonds is 4. The molecule has 5 nitrogen and oxygen atoms in total. The molecule has 172 valence electrons. The zero-order valence-electron chi connectivity index (χ0n) is 20.1. The number of methoxy groups -OCH3 is 2. The summed E-state index contributed by atoms with van der Waals surface area (Å²) < 4.78 is 15.8. The number of hydrogen-bond acceptors (Lipinski definition) is 5. The molecular formula is C27H35NO4. The Kier molecular flexibility index (Phi) is 7.97. The molecule has 0 N–H and O–H groups in total. The molecular weight excluding hydrogens is 402 g/mol. The van der Waals surface area contributed by atoms with E-state index < -0.39 is 0 Å². The van der Waals surface area contributed by atoms with Gasteiger partial charge in [-0.25, -0.2) is 4.79 Å². The molecule has 0 radical (unpaired) electrons. The number of carbonyl (C=O) groups is 1. The van der Waals surface area contributed by atoms with E-state index in [2.05, 4.69) is 24.9 Å². The third-order valence-electron chi connectivity index (χ3n) is 6.42. The van der Waals surface area contributed by atoms with Gasteiger partial charge in [0.1, 0.15) is 5.76 Å². The van der Waals surface area contributed by atoms with Gasteiger partial charge >= 0.3 is 5.97 Å². The molecule has 5 heteroatoms.